The first-order valence-corrected chi connectivity index (χ1v) is 5.97. The van der Waals surface area contributed by atoms with E-state index in [0.717, 1.165) is 39.4 Å². The average molecular weight is 237 g/mol. The van der Waals surface area contributed by atoms with Gasteiger partial charge < -0.3 is 15.4 Å². The summed E-state index contributed by atoms with van der Waals surface area (Å²) in [6.45, 7) is 5.28. The summed E-state index contributed by atoms with van der Waals surface area (Å²) in [4.78, 5) is 15.6. The van der Waals surface area contributed by atoms with Gasteiger partial charge in [-0.25, -0.2) is 0 Å². The van der Waals surface area contributed by atoms with Gasteiger partial charge >= 0.3 is 0 Å². The van der Waals surface area contributed by atoms with E-state index in [1.165, 1.54) is 0 Å². The minimum Gasteiger partial charge on any atom is -0.379 e. The van der Waals surface area contributed by atoms with Crippen LogP contribution in [0.1, 0.15) is 0 Å². The summed E-state index contributed by atoms with van der Waals surface area (Å²) in [5.41, 5.74) is 5.37. The lowest BCUT2D eigenvalue weighted by atomic mass is 10.1. The van der Waals surface area contributed by atoms with Crippen LogP contribution in [-0.4, -0.2) is 61.1 Å². The standard InChI is InChI=1S/C12H19N3O2/c13-12(16)11-3-1-2-4-15(11)6-5-14-7-9-17-10-8-14/h1-4,11H,5-10H2,(H2,13,16). The number of hydrogen-bond acceptors (Lipinski definition) is 4. The number of hydrogen-bond donors (Lipinski definition) is 1. The number of nitrogens with two attached hydrogens (primary N) is 1. The number of rotatable bonds is 4. The first-order valence-electron chi connectivity index (χ1n) is 5.97. The van der Waals surface area contributed by atoms with Gasteiger partial charge in [-0.1, -0.05) is 12.2 Å². The minimum absolute atomic E-state index is 0.299. The van der Waals surface area contributed by atoms with E-state index in [2.05, 4.69) is 4.90 Å². The van der Waals surface area contributed by atoms with Gasteiger partial charge in [0.1, 0.15) is 6.04 Å². The molecule has 2 rings (SSSR count). The number of primary amides is 1. The van der Waals surface area contributed by atoms with Crippen LogP contribution in [0.4, 0.5) is 0 Å². The Morgan fingerprint density at radius 3 is 2.76 bits per heavy atom. The van der Waals surface area contributed by atoms with Crippen LogP contribution in [0.15, 0.2) is 24.4 Å². The maximum absolute atomic E-state index is 11.3. The normalized spacial score (nSPS) is 25.2. The molecule has 5 nitrogen and oxygen atoms in total. The molecule has 1 fully saturated rings. The zero-order valence-corrected chi connectivity index (χ0v) is 9.92. The number of ether oxygens (including phenoxy) is 1. The van der Waals surface area contributed by atoms with Crippen molar-refractivity contribution in [1.29, 1.82) is 0 Å². The van der Waals surface area contributed by atoms with Crippen LogP contribution in [0.5, 0.6) is 0 Å². The molecule has 0 saturated carbocycles. The van der Waals surface area contributed by atoms with Crippen molar-refractivity contribution in [3.05, 3.63) is 24.4 Å². The van der Waals surface area contributed by atoms with Crippen LogP contribution in [-0.2, 0) is 9.53 Å². The molecule has 17 heavy (non-hydrogen) atoms. The van der Waals surface area contributed by atoms with Crippen molar-refractivity contribution in [3.8, 4) is 0 Å². The van der Waals surface area contributed by atoms with Crippen LogP contribution in [0.2, 0.25) is 0 Å². The highest BCUT2D eigenvalue weighted by Gasteiger charge is 2.20. The van der Waals surface area contributed by atoms with Crippen molar-refractivity contribution in [1.82, 2.24) is 9.80 Å². The maximum atomic E-state index is 11.3. The topological polar surface area (TPSA) is 58.8 Å². The number of nitrogens with zero attached hydrogens (tertiary/aromatic N) is 2. The van der Waals surface area contributed by atoms with Gasteiger partial charge in [0.25, 0.3) is 0 Å². The monoisotopic (exact) mass is 237 g/mol. The van der Waals surface area contributed by atoms with Gasteiger partial charge in [0.05, 0.1) is 13.2 Å². The molecule has 0 aromatic heterocycles. The molecule has 0 aliphatic carbocycles. The SMILES string of the molecule is NC(=O)C1C=CC=CN1CCN1CCOCC1. The Labute approximate surface area is 101 Å². The van der Waals surface area contributed by atoms with Crippen molar-refractivity contribution in [2.75, 3.05) is 39.4 Å². The van der Waals surface area contributed by atoms with E-state index in [-0.39, 0.29) is 11.9 Å². The Morgan fingerprint density at radius 2 is 2.06 bits per heavy atom. The Kier molecular flexibility index (Phi) is 4.17. The van der Waals surface area contributed by atoms with Crippen LogP contribution in [0, 0.1) is 0 Å². The molecular formula is C12H19N3O2. The molecule has 1 amide bonds. The predicted molar refractivity (Wildman–Crippen MR) is 65.2 cm³/mol. The summed E-state index contributed by atoms with van der Waals surface area (Å²) in [5, 5.41) is 0. The number of amides is 1. The van der Waals surface area contributed by atoms with Crippen LogP contribution in [0.3, 0.4) is 0 Å². The van der Waals surface area contributed by atoms with Crippen LogP contribution in [0.25, 0.3) is 0 Å². The highest BCUT2D eigenvalue weighted by molar-refractivity contribution is 5.82. The molecule has 2 N–H and O–H groups in total. The predicted octanol–water partition coefficient (Wildman–Crippen LogP) is -0.442. The van der Waals surface area contributed by atoms with Crippen LogP contribution >= 0.6 is 0 Å². The summed E-state index contributed by atoms with van der Waals surface area (Å²) in [7, 11) is 0. The summed E-state index contributed by atoms with van der Waals surface area (Å²) in [6.07, 6.45) is 7.55. The van der Waals surface area contributed by atoms with Crippen molar-refractivity contribution < 1.29 is 9.53 Å². The highest BCUT2D eigenvalue weighted by atomic mass is 16.5. The van der Waals surface area contributed by atoms with Gasteiger partial charge in [0.15, 0.2) is 0 Å². The largest absolute Gasteiger partial charge is 0.379 e. The summed E-state index contributed by atoms with van der Waals surface area (Å²) < 4.78 is 5.30. The second-order valence-electron chi connectivity index (χ2n) is 4.27. The van der Waals surface area contributed by atoms with Gasteiger partial charge in [0.2, 0.25) is 5.91 Å². The summed E-state index contributed by atoms with van der Waals surface area (Å²) in [5.74, 6) is -0.299. The smallest absolute Gasteiger partial charge is 0.244 e. The van der Waals surface area contributed by atoms with E-state index in [9.17, 15) is 4.79 Å². The van der Waals surface area contributed by atoms with E-state index < -0.39 is 0 Å². The quantitative estimate of drug-likeness (QED) is 0.720. The van der Waals surface area contributed by atoms with E-state index >= 15 is 0 Å². The second kappa shape index (κ2) is 5.84. The van der Waals surface area contributed by atoms with E-state index in [1.807, 2.05) is 29.3 Å². The van der Waals surface area contributed by atoms with E-state index in [1.54, 1.807) is 0 Å². The van der Waals surface area contributed by atoms with Crippen molar-refractivity contribution in [2.24, 2.45) is 5.73 Å². The molecule has 0 bridgehead atoms. The lowest BCUT2D eigenvalue weighted by Gasteiger charge is -2.32. The Bertz CT molecular complexity index is 322. The van der Waals surface area contributed by atoms with E-state index in [4.69, 9.17) is 10.5 Å². The minimum atomic E-state index is -0.305. The molecule has 0 aromatic carbocycles. The number of carbonyl (C=O) groups is 1. The zero-order valence-electron chi connectivity index (χ0n) is 9.92. The van der Waals surface area contributed by atoms with Gasteiger partial charge in [-0.05, 0) is 6.08 Å². The Balaban J connectivity index is 1.82. The molecule has 1 saturated heterocycles. The van der Waals surface area contributed by atoms with Gasteiger partial charge in [-0.2, -0.15) is 0 Å². The molecule has 2 aliphatic heterocycles. The third-order valence-electron chi connectivity index (χ3n) is 3.11. The molecule has 0 radical (unpaired) electrons. The molecule has 1 unspecified atom stereocenters. The van der Waals surface area contributed by atoms with Gasteiger partial charge in [-0.3, -0.25) is 9.69 Å². The Hall–Kier alpha value is -1.33. The number of morpholine rings is 1. The van der Waals surface area contributed by atoms with Crippen molar-refractivity contribution in [3.63, 3.8) is 0 Å². The molecule has 1 atom stereocenters. The maximum Gasteiger partial charge on any atom is 0.244 e. The molecular weight excluding hydrogens is 218 g/mol. The molecule has 0 aromatic rings. The Morgan fingerprint density at radius 1 is 1.29 bits per heavy atom. The first-order chi connectivity index (χ1) is 8.27. The summed E-state index contributed by atoms with van der Waals surface area (Å²) >= 11 is 0. The third kappa shape index (κ3) is 3.31. The van der Waals surface area contributed by atoms with Gasteiger partial charge in [0, 0.05) is 32.4 Å². The lowest BCUT2D eigenvalue weighted by Crippen LogP contribution is -2.46. The highest BCUT2D eigenvalue weighted by Crippen LogP contribution is 2.08. The molecule has 0 spiro atoms. The van der Waals surface area contributed by atoms with E-state index in [0.29, 0.717) is 0 Å². The number of carbonyl (C=O) groups excluding carboxylic acids is 1. The molecule has 2 heterocycles. The molecule has 94 valence electrons. The first kappa shape index (κ1) is 12.1. The van der Waals surface area contributed by atoms with Crippen molar-refractivity contribution >= 4 is 5.91 Å². The second-order valence-corrected chi connectivity index (χ2v) is 4.27. The molecule has 5 heteroatoms. The summed E-state index contributed by atoms with van der Waals surface area (Å²) in [6, 6.07) is -0.305. The third-order valence-corrected chi connectivity index (χ3v) is 3.11. The average Bonchev–Trinajstić information content (AvgIpc) is 2.38. The fraction of sp³-hybridized carbons (Fsp3) is 0.583. The van der Waals surface area contributed by atoms with Crippen molar-refractivity contribution in [2.45, 2.75) is 6.04 Å². The van der Waals surface area contributed by atoms with Gasteiger partial charge in [-0.15, -0.1) is 0 Å². The fourth-order valence-corrected chi connectivity index (χ4v) is 2.09. The zero-order chi connectivity index (χ0) is 12.1. The molecule has 2 aliphatic rings. The van der Waals surface area contributed by atoms with Crippen LogP contribution < -0.4 is 5.73 Å². The number of allylic oxidation sites excluding steroid dienone is 2. The fourth-order valence-electron chi connectivity index (χ4n) is 2.09. The lowest BCUT2D eigenvalue weighted by molar-refractivity contribution is -0.121.